The number of rotatable bonds is 1. The van der Waals surface area contributed by atoms with Crippen molar-refractivity contribution in [2.75, 3.05) is 19.0 Å². The first kappa shape index (κ1) is 16.0. The van der Waals surface area contributed by atoms with Gasteiger partial charge in [-0.05, 0) is 30.3 Å². The normalized spacial score (nSPS) is 15.3. The molecule has 6 nitrogen and oxygen atoms in total. The molecule has 1 aliphatic rings. The number of para-hydroxylation sites is 1. The fourth-order valence-corrected chi connectivity index (χ4v) is 2.66. The second kappa shape index (κ2) is 5.98. The smallest absolute Gasteiger partial charge is 0.272 e. The van der Waals surface area contributed by atoms with Crippen molar-refractivity contribution in [2.24, 2.45) is 0 Å². The summed E-state index contributed by atoms with van der Waals surface area (Å²) >= 11 is 6.06. The van der Waals surface area contributed by atoms with E-state index in [9.17, 15) is 14.4 Å². The lowest BCUT2D eigenvalue weighted by Crippen LogP contribution is -2.53. The average molecular weight is 344 g/mol. The third-order valence-electron chi connectivity index (χ3n) is 3.87. The number of benzene rings is 2. The number of hydrazine groups is 1. The first-order chi connectivity index (χ1) is 11.4. The Morgan fingerprint density at radius 3 is 2.08 bits per heavy atom. The Bertz CT molecular complexity index is 838. The molecule has 2 aromatic rings. The van der Waals surface area contributed by atoms with Gasteiger partial charge < -0.3 is 0 Å². The van der Waals surface area contributed by atoms with Crippen LogP contribution in [-0.2, 0) is 9.59 Å². The topological polar surface area (TPSA) is 60.9 Å². The van der Waals surface area contributed by atoms with Crippen LogP contribution in [0.4, 0.5) is 11.4 Å². The number of amides is 3. The Hall–Kier alpha value is -2.86. The maximum atomic E-state index is 12.8. The number of carbonyl (C=O) groups is 3. The van der Waals surface area contributed by atoms with Gasteiger partial charge in [-0.2, -0.15) is 0 Å². The van der Waals surface area contributed by atoms with Gasteiger partial charge in [-0.3, -0.25) is 24.3 Å². The van der Waals surface area contributed by atoms with E-state index < -0.39 is 17.7 Å². The molecule has 1 aliphatic heterocycles. The number of likely N-dealkylation sites (N-methyl/N-ethyl adjacent to an activating group) is 1. The molecule has 2 aromatic carbocycles. The van der Waals surface area contributed by atoms with Crippen LogP contribution in [0.3, 0.4) is 0 Å². The van der Waals surface area contributed by atoms with Crippen molar-refractivity contribution >= 4 is 40.7 Å². The minimum absolute atomic E-state index is 0.275. The summed E-state index contributed by atoms with van der Waals surface area (Å²) in [6, 6.07) is 13.3. The number of fused-ring (bicyclic) bond motifs is 1. The van der Waals surface area contributed by atoms with Gasteiger partial charge in [0.2, 0.25) is 0 Å². The van der Waals surface area contributed by atoms with E-state index in [1.807, 2.05) is 0 Å². The van der Waals surface area contributed by atoms with Gasteiger partial charge in [0, 0.05) is 24.8 Å². The summed E-state index contributed by atoms with van der Waals surface area (Å²) in [5, 5.41) is 2.47. The number of nitrogens with zero attached hydrogens (tertiary/aromatic N) is 3. The molecule has 1 heterocycles. The summed E-state index contributed by atoms with van der Waals surface area (Å²) in [7, 11) is 2.81. The minimum atomic E-state index is -0.819. The molecule has 0 spiro atoms. The van der Waals surface area contributed by atoms with E-state index in [1.54, 1.807) is 42.5 Å². The van der Waals surface area contributed by atoms with Crippen LogP contribution < -0.4 is 4.90 Å². The molecule has 0 saturated heterocycles. The highest BCUT2D eigenvalue weighted by Crippen LogP contribution is 2.33. The van der Waals surface area contributed by atoms with Crippen molar-refractivity contribution in [1.82, 2.24) is 10.0 Å². The molecule has 24 heavy (non-hydrogen) atoms. The molecule has 0 fully saturated rings. The van der Waals surface area contributed by atoms with E-state index in [0.29, 0.717) is 10.7 Å². The van der Waals surface area contributed by atoms with Crippen LogP contribution in [0, 0.1) is 0 Å². The zero-order chi connectivity index (χ0) is 17.4. The number of anilines is 2. The van der Waals surface area contributed by atoms with Gasteiger partial charge in [0.1, 0.15) is 0 Å². The molecule has 0 saturated carbocycles. The van der Waals surface area contributed by atoms with Gasteiger partial charge in [0.05, 0.1) is 11.3 Å². The van der Waals surface area contributed by atoms with Gasteiger partial charge in [0.25, 0.3) is 5.91 Å². The molecule has 0 unspecified atom stereocenters. The van der Waals surface area contributed by atoms with Crippen LogP contribution in [0.25, 0.3) is 0 Å². The van der Waals surface area contributed by atoms with E-state index in [1.165, 1.54) is 25.1 Å². The van der Waals surface area contributed by atoms with Crippen LogP contribution in [0.2, 0.25) is 5.02 Å². The van der Waals surface area contributed by atoms with E-state index in [2.05, 4.69) is 0 Å². The van der Waals surface area contributed by atoms with Gasteiger partial charge in [0.15, 0.2) is 0 Å². The molecular weight excluding hydrogens is 330 g/mol. The van der Waals surface area contributed by atoms with Crippen LogP contribution in [0.1, 0.15) is 10.4 Å². The Balaban J connectivity index is 2.30. The zero-order valence-corrected chi connectivity index (χ0v) is 13.8. The SMILES string of the molecule is CN1C(=O)C(=O)N(c2ccccc2)c2cc(Cl)ccc2C(=O)N1C. The summed E-state index contributed by atoms with van der Waals surface area (Å²) in [4.78, 5) is 39.1. The highest BCUT2D eigenvalue weighted by molar-refractivity contribution is 6.43. The molecule has 7 heteroatoms. The highest BCUT2D eigenvalue weighted by Gasteiger charge is 2.36. The first-order valence-electron chi connectivity index (χ1n) is 7.16. The van der Waals surface area contributed by atoms with Crippen LogP contribution in [0.5, 0.6) is 0 Å². The van der Waals surface area contributed by atoms with Gasteiger partial charge >= 0.3 is 11.8 Å². The molecule has 122 valence electrons. The standard InChI is InChI=1S/C17H14ClN3O3/c1-19-15(22)13-9-8-11(18)10-14(13)21(12-6-4-3-5-7-12)17(24)16(23)20(19)2/h3-10H,1-2H3. The van der Waals surface area contributed by atoms with Crippen molar-refractivity contribution in [2.45, 2.75) is 0 Å². The maximum absolute atomic E-state index is 12.8. The zero-order valence-electron chi connectivity index (χ0n) is 13.1. The first-order valence-corrected chi connectivity index (χ1v) is 7.54. The van der Waals surface area contributed by atoms with Gasteiger partial charge in [-0.1, -0.05) is 29.8 Å². The monoisotopic (exact) mass is 343 g/mol. The lowest BCUT2D eigenvalue weighted by molar-refractivity contribution is -0.150. The molecule has 0 radical (unpaired) electrons. The predicted octanol–water partition coefficient (Wildman–Crippen LogP) is 2.46. The summed E-state index contributed by atoms with van der Waals surface area (Å²) in [5.41, 5.74) is 1.03. The quantitative estimate of drug-likeness (QED) is 0.747. The van der Waals surface area contributed by atoms with Crippen molar-refractivity contribution in [3.63, 3.8) is 0 Å². The summed E-state index contributed by atoms with van der Waals surface area (Å²) < 4.78 is 0. The van der Waals surface area contributed by atoms with Crippen molar-refractivity contribution in [1.29, 1.82) is 0 Å². The Morgan fingerprint density at radius 2 is 1.42 bits per heavy atom. The van der Waals surface area contributed by atoms with E-state index in [-0.39, 0.29) is 11.3 Å². The molecule has 3 amide bonds. The van der Waals surface area contributed by atoms with Crippen LogP contribution >= 0.6 is 11.6 Å². The Morgan fingerprint density at radius 1 is 0.792 bits per heavy atom. The summed E-state index contributed by atoms with van der Waals surface area (Å²) in [6.07, 6.45) is 0. The molecule has 0 bridgehead atoms. The fourth-order valence-electron chi connectivity index (χ4n) is 2.49. The second-order valence-electron chi connectivity index (χ2n) is 5.30. The molecule has 3 rings (SSSR count). The van der Waals surface area contributed by atoms with Crippen molar-refractivity contribution in [3.8, 4) is 0 Å². The third kappa shape index (κ3) is 2.51. The van der Waals surface area contributed by atoms with E-state index >= 15 is 0 Å². The van der Waals surface area contributed by atoms with Gasteiger partial charge in [-0.25, -0.2) is 5.01 Å². The highest BCUT2D eigenvalue weighted by atomic mass is 35.5. The molecule has 0 aromatic heterocycles. The lowest BCUT2D eigenvalue weighted by Gasteiger charge is -2.34. The van der Waals surface area contributed by atoms with Crippen LogP contribution in [0.15, 0.2) is 48.5 Å². The summed E-state index contributed by atoms with van der Waals surface area (Å²) in [5.74, 6) is -2.00. The molecule has 0 atom stereocenters. The number of carbonyl (C=O) groups excluding carboxylic acids is 3. The number of halogens is 1. The van der Waals surface area contributed by atoms with E-state index in [0.717, 1.165) is 10.0 Å². The average Bonchev–Trinajstić information content (AvgIpc) is 2.60. The van der Waals surface area contributed by atoms with Crippen molar-refractivity contribution in [3.05, 3.63) is 59.1 Å². The Labute approximate surface area is 143 Å². The second-order valence-corrected chi connectivity index (χ2v) is 5.73. The molecular formula is C17H14ClN3O3. The predicted molar refractivity (Wildman–Crippen MR) is 89.9 cm³/mol. The van der Waals surface area contributed by atoms with Crippen LogP contribution in [-0.4, -0.2) is 41.8 Å². The van der Waals surface area contributed by atoms with Crippen molar-refractivity contribution < 1.29 is 14.4 Å². The Kier molecular flexibility index (Phi) is 3.99. The number of hydrogen-bond acceptors (Lipinski definition) is 3. The lowest BCUT2D eigenvalue weighted by atomic mass is 10.1. The fraction of sp³-hybridized carbons (Fsp3) is 0.118. The minimum Gasteiger partial charge on any atom is -0.272 e. The van der Waals surface area contributed by atoms with Gasteiger partial charge in [-0.15, -0.1) is 0 Å². The molecule has 0 aliphatic carbocycles. The van der Waals surface area contributed by atoms with E-state index in [4.69, 9.17) is 11.6 Å². The summed E-state index contributed by atoms with van der Waals surface area (Å²) in [6.45, 7) is 0. The maximum Gasteiger partial charge on any atom is 0.331 e. The number of hydrogen-bond donors (Lipinski definition) is 0. The third-order valence-corrected chi connectivity index (χ3v) is 4.10. The largest absolute Gasteiger partial charge is 0.331 e. The molecule has 0 N–H and O–H groups in total.